The molecule has 0 bridgehead atoms. The highest BCUT2D eigenvalue weighted by Crippen LogP contribution is 2.52. The van der Waals surface area contributed by atoms with Gasteiger partial charge in [0, 0.05) is 17.5 Å². The number of aliphatic carboxylic acids is 1. The lowest BCUT2D eigenvalue weighted by Crippen LogP contribution is -2.12. The normalized spacial score (nSPS) is 15.4. The van der Waals surface area contributed by atoms with Gasteiger partial charge in [-0.25, -0.2) is 4.39 Å². The Morgan fingerprint density at radius 1 is 1.29 bits per heavy atom. The zero-order chi connectivity index (χ0) is 15.6. The molecule has 1 unspecified atom stereocenters. The topological polar surface area (TPSA) is 65.0 Å². The summed E-state index contributed by atoms with van der Waals surface area (Å²) in [4.78, 5) is 11.1. The zero-order valence-corrected chi connectivity index (χ0v) is 12.3. The van der Waals surface area contributed by atoms with Gasteiger partial charge in [0.05, 0.1) is 27.8 Å². The quantitative estimate of drug-likeness (QED) is 0.838. The highest BCUT2D eigenvalue weighted by molar-refractivity contribution is 5.70. The number of carboxylic acids is 1. The van der Waals surface area contributed by atoms with Crippen molar-refractivity contribution in [2.45, 2.75) is 25.2 Å². The number of rotatable bonds is 7. The first kappa shape index (κ1) is 15.4. The molecule has 1 saturated carbocycles. The molecule has 0 saturated heterocycles. The van der Waals surface area contributed by atoms with Crippen LogP contribution >= 0.6 is 0 Å². The van der Waals surface area contributed by atoms with E-state index in [0.29, 0.717) is 11.3 Å². The van der Waals surface area contributed by atoms with Gasteiger partial charge < -0.3 is 19.3 Å². The van der Waals surface area contributed by atoms with Crippen LogP contribution in [0.5, 0.6) is 17.2 Å². The predicted octanol–water partition coefficient (Wildman–Crippen LogP) is 2.82. The van der Waals surface area contributed by atoms with Gasteiger partial charge in [0.1, 0.15) is 0 Å². The fraction of sp³-hybridized carbons (Fsp3) is 0.533. The van der Waals surface area contributed by atoms with E-state index in [4.69, 9.17) is 19.3 Å². The molecule has 1 N–H and O–H groups in total. The summed E-state index contributed by atoms with van der Waals surface area (Å²) in [7, 11) is 4.22. The van der Waals surface area contributed by atoms with Crippen LogP contribution in [0.15, 0.2) is 6.07 Å². The van der Waals surface area contributed by atoms with Crippen molar-refractivity contribution in [2.24, 2.45) is 5.92 Å². The number of ether oxygens (including phenoxy) is 3. The molecule has 1 aromatic rings. The summed E-state index contributed by atoms with van der Waals surface area (Å²) in [6.45, 7) is 0. The Hall–Kier alpha value is -1.98. The highest BCUT2D eigenvalue weighted by atomic mass is 19.1. The van der Waals surface area contributed by atoms with Crippen LogP contribution in [0.1, 0.15) is 30.7 Å². The lowest BCUT2D eigenvalue weighted by Gasteiger charge is -2.23. The predicted molar refractivity (Wildman–Crippen MR) is 73.8 cm³/mol. The van der Waals surface area contributed by atoms with Crippen molar-refractivity contribution in [3.63, 3.8) is 0 Å². The molecule has 0 radical (unpaired) electrons. The number of halogens is 1. The van der Waals surface area contributed by atoms with Gasteiger partial charge in [0.2, 0.25) is 0 Å². The van der Waals surface area contributed by atoms with Crippen LogP contribution in [-0.2, 0) is 4.79 Å². The second-order valence-electron chi connectivity index (χ2n) is 5.08. The number of hydrogen-bond donors (Lipinski definition) is 1. The molecule has 1 aliphatic rings. The number of hydrogen-bond acceptors (Lipinski definition) is 4. The van der Waals surface area contributed by atoms with Gasteiger partial charge in [-0.3, -0.25) is 4.79 Å². The first-order valence-corrected chi connectivity index (χ1v) is 6.73. The SMILES string of the molecule is COc1cc(F)c(OC)c(C(CC(=O)O)C2CC2)c1OC. The average Bonchev–Trinajstić information content (AvgIpc) is 3.27. The van der Waals surface area contributed by atoms with Crippen molar-refractivity contribution in [1.82, 2.24) is 0 Å². The number of benzene rings is 1. The molecule has 1 fully saturated rings. The van der Waals surface area contributed by atoms with Crippen molar-refractivity contribution in [1.29, 1.82) is 0 Å². The monoisotopic (exact) mass is 298 g/mol. The third kappa shape index (κ3) is 3.04. The van der Waals surface area contributed by atoms with Crippen LogP contribution in [0.3, 0.4) is 0 Å². The summed E-state index contributed by atoms with van der Waals surface area (Å²) in [6, 6.07) is 1.19. The highest BCUT2D eigenvalue weighted by Gasteiger charge is 2.39. The molecule has 6 heteroatoms. The summed E-state index contributed by atoms with van der Waals surface area (Å²) in [6.07, 6.45) is 1.75. The Kier molecular flexibility index (Phi) is 4.55. The average molecular weight is 298 g/mol. The van der Waals surface area contributed by atoms with Gasteiger partial charge in [-0.2, -0.15) is 0 Å². The molecule has 0 spiro atoms. The standard InChI is InChI=1S/C15H19FO5/c1-19-11-7-10(16)14(20-2)13(15(11)21-3)9(6-12(17)18)8-4-5-8/h7-9H,4-6H2,1-3H3,(H,17,18). The van der Waals surface area contributed by atoms with Crippen molar-refractivity contribution >= 4 is 5.97 Å². The van der Waals surface area contributed by atoms with Crippen molar-refractivity contribution in [3.8, 4) is 17.2 Å². The van der Waals surface area contributed by atoms with Gasteiger partial charge in [0.25, 0.3) is 0 Å². The van der Waals surface area contributed by atoms with Crippen molar-refractivity contribution < 1.29 is 28.5 Å². The lowest BCUT2D eigenvalue weighted by molar-refractivity contribution is -0.137. The van der Waals surface area contributed by atoms with Crippen LogP contribution in [0.2, 0.25) is 0 Å². The second-order valence-corrected chi connectivity index (χ2v) is 5.08. The third-order valence-corrected chi connectivity index (χ3v) is 3.77. The Morgan fingerprint density at radius 2 is 1.90 bits per heavy atom. The maximum atomic E-state index is 14.2. The van der Waals surface area contributed by atoms with Crippen LogP contribution in [0, 0.1) is 11.7 Å². The zero-order valence-electron chi connectivity index (χ0n) is 12.3. The molecule has 2 rings (SSSR count). The van der Waals surface area contributed by atoms with Crippen LogP contribution in [0.4, 0.5) is 4.39 Å². The van der Waals surface area contributed by atoms with Gasteiger partial charge in [-0.1, -0.05) is 0 Å². The molecule has 0 heterocycles. The number of carbonyl (C=O) groups is 1. The van der Waals surface area contributed by atoms with Gasteiger partial charge in [-0.05, 0) is 18.8 Å². The largest absolute Gasteiger partial charge is 0.493 e. The van der Waals surface area contributed by atoms with E-state index in [9.17, 15) is 9.18 Å². The Morgan fingerprint density at radius 3 is 2.33 bits per heavy atom. The first-order chi connectivity index (χ1) is 10.0. The Labute approximate surface area is 122 Å². The molecule has 21 heavy (non-hydrogen) atoms. The van der Waals surface area contributed by atoms with Gasteiger partial charge in [-0.15, -0.1) is 0 Å². The summed E-state index contributed by atoms with van der Waals surface area (Å²) >= 11 is 0. The molecule has 0 amide bonds. The summed E-state index contributed by atoms with van der Waals surface area (Å²) in [5, 5.41) is 9.14. The molecular formula is C15H19FO5. The summed E-state index contributed by atoms with van der Waals surface area (Å²) in [5.74, 6) is -1.05. The molecule has 0 aromatic heterocycles. The Bertz CT molecular complexity index is 539. The van der Waals surface area contributed by atoms with Crippen LogP contribution < -0.4 is 14.2 Å². The smallest absolute Gasteiger partial charge is 0.303 e. The van der Waals surface area contributed by atoms with E-state index in [2.05, 4.69) is 0 Å². The van der Waals surface area contributed by atoms with E-state index in [1.54, 1.807) is 0 Å². The summed E-state index contributed by atoms with van der Waals surface area (Å²) in [5.41, 5.74) is 0.446. The van der Waals surface area contributed by atoms with Gasteiger partial charge in [0.15, 0.2) is 23.1 Å². The third-order valence-electron chi connectivity index (χ3n) is 3.77. The molecule has 1 atom stereocenters. The molecule has 1 aromatic carbocycles. The second kappa shape index (κ2) is 6.20. The minimum absolute atomic E-state index is 0.0331. The fourth-order valence-electron chi connectivity index (χ4n) is 2.71. The fourth-order valence-corrected chi connectivity index (χ4v) is 2.71. The molecule has 116 valence electrons. The molecule has 1 aliphatic carbocycles. The first-order valence-electron chi connectivity index (χ1n) is 6.73. The molecule has 0 aliphatic heterocycles. The van der Waals surface area contributed by atoms with Crippen molar-refractivity contribution in [3.05, 3.63) is 17.4 Å². The van der Waals surface area contributed by atoms with E-state index in [0.717, 1.165) is 12.8 Å². The van der Waals surface area contributed by atoms with E-state index < -0.39 is 11.8 Å². The van der Waals surface area contributed by atoms with Crippen LogP contribution in [-0.4, -0.2) is 32.4 Å². The lowest BCUT2D eigenvalue weighted by atomic mass is 9.89. The van der Waals surface area contributed by atoms with Crippen LogP contribution in [0.25, 0.3) is 0 Å². The maximum absolute atomic E-state index is 14.2. The van der Waals surface area contributed by atoms with E-state index in [-0.39, 0.29) is 29.8 Å². The Balaban J connectivity index is 2.61. The van der Waals surface area contributed by atoms with E-state index in [1.807, 2.05) is 0 Å². The van der Waals surface area contributed by atoms with Crippen molar-refractivity contribution in [2.75, 3.05) is 21.3 Å². The summed E-state index contributed by atoms with van der Waals surface area (Å²) < 4.78 is 29.8. The molecular weight excluding hydrogens is 279 g/mol. The minimum atomic E-state index is -0.931. The number of carboxylic acid groups (broad SMARTS) is 1. The van der Waals surface area contributed by atoms with E-state index in [1.165, 1.54) is 27.4 Å². The number of methoxy groups -OCH3 is 3. The maximum Gasteiger partial charge on any atom is 0.303 e. The van der Waals surface area contributed by atoms with E-state index >= 15 is 0 Å². The van der Waals surface area contributed by atoms with Gasteiger partial charge >= 0.3 is 5.97 Å². The molecule has 5 nitrogen and oxygen atoms in total. The minimum Gasteiger partial charge on any atom is -0.493 e.